The Morgan fingerprint density at radius 3 is 2.95 bits per heavy atom. The van der Waals surface area contributed by atoms with Crippen molar-refractivity contribution < 1.29 is 4.79 Å². The van der Waals surface area contributed by atoms with Crippen LogP contribution in [0.3, 0.4) is 0 Å². The molecular formula is C12H16N4O2S. The Hall–Kier alpha value is -1.73. The molecule has 0 spiro atoms. The smallest absolute Gasteiger partial charge is 0.271 e. The summed E-state index contributed by atoms with van der Waals surface area (Å²) in [6.45, 7) is 3.04. The first kappa shape index (κ1) is 13.7. The minimum atomic E-state index is -0.376. The van der Waals surface area contributed by atoms with Crippen molar-refractivity contribution in [2.75, 3.05) is 27.2 Å². The zero-order valence-electron chi connectivity index (χ0n) is 11.1. The van der Waals surface area contributed by atoms with Gasteiger partial charge in [-0.05, 0) is 21.0 Å². The van der Waals surface area contributed by atoms with Gasteiger partial charge in [0.1, 0.15) is 5.56 Å². The minimum absolute atomic E-state index is 0.0813. The second-order valence-electron chi connectivity index (χ2n) is 4.53. The molecule has 1 N–H and O–H groups in total. The maximum Gasteiger partial charge on any atom is 0.271 e. The highest BCUT2D eigenvalue weighted by molar-refractivity contribution is 7.15. The van der Waals surface area contributed by atoms with Gasteiger partial charge < -0.3 is 10.2 Å². The first-order chi connectivity index (χ1) is 9.00. The number of carbonyl (C=O) groups is 1. The minimum Gasteiger partial charge on any atom is -0.351 e. The molecule has 2 aromatic rings. The molecule has 0 aliphatic carbocycles. The van der Waals surface area contributed by atoms with Gasteiger partial charge in [0.25, 0.3) is 11.5 Å². The van der Waals surface area contributed by atoms with Crippen LogP contribution < -0.4 is 10.9 Å². The maximum atomic E-state index is 12.2. The fourth-order valence-electron chi connectivity index (χ4n) is 1.67. The number of hydrogen-bond donors (Lipinski definition) is 1. The molecule has 0 aromatic carbocycles. The van der Waals surface area contributed by atoms with Crippen LogP contribution in [0.1, 0.15) is 16.1 Å². The van der Waals surface area contributed by atoms with Crippen LogP contribution >= 0.6 is 11.3 Å². The predicted molar refractivity (Wildman–Crippen MR) is 75.0 cm³/mol. The predicted octanol–water partition coefficient (Wildman–Crippen LogP) is 0.356. The summed E-state index contributed by atoms with van der Waals surface area (Å²) in [6, 6.07) is 0. The third-order valence-electron chi connectivity index (χ3n) is 2.71. The molecule has 1 amide bonds. The fraction of sp³-hybridized carbons (Fsp3) is 0.417. The topological polar surface area (TPSA) is 66.7 Å². The van der Waals surface area contributed by atoms with E-state index in [9.17, 15) is 9.59 Å². The highest BCUT2D eigenvalue weighted by Crippen LogP contribution is 2.10. The van der Waals surface area contributed by atoms with Crippen molar-refractivity contribution in [2.45, 2.75) is 6.92 Å². The summed E-state index contributed by atoms with van der Waals surface area (Å²) in [5, 5.41) is 4.56. The average Bonchev–Trinajstić information content (AvgIpc) is 2.71. The van der Waals surface area contributed by atoms with Crippen molar-refractivity contribution in [2.24, 2.45) is 0 Å². The SMILES string of the molecule is Cc1csc2ncc(C(=O)NCCN(C)C)c(=O)n12. The molecule has 0 aliphatic rings. The lowest BCUT2D eigenvalue weighted by Crippen LogP contribution is -2.35. The van der Waals surface area contributed by atoms with Crippen LogP contribution in [0.15, 0.2) is 16.4 Å². The second-order valence-corrected chi connectivity index (χ2v) is 5.37. The summed E-state index contributed by atoms with van der Waals surface area (Å²) in [7, 11) is 3.84. The number of nitrogens with one attached hydrogen (secondary N) is 1. The standard InChI is InChI=1S/C12H16N4O2S/c1-8-7-19-12-14-6-9(11(18)16(8)12)10(17)13-4-5-15(2)3/h6-7H,4-5H2,1-3H3,(H,13,17). The molecule has 7 heteroatoms. The van der Waals surface area contributed by atoms with Gasteiger partial charge in [-0.15, -0.1) is 11.3 Å². The molecular weight excluding hydrogens is 264 g/mol. The number of rotatable bonds is 4. The van der Waals surface area contributed by atoms with Crippen LogP contribution in [0.25, 0.3) is 4.96 Å². The number of hydrogen-bond acceptors (Lipinski definition) is 5. The van der Waals surface area contributed by atoms with E-state index in [1.54, 1.807) is 0 Å². The van der Waals surface area contributed by atoms with Crippen LogP contribution in [0.5, 0.6) is 0 Å². The summed E-state index contributed by atoms with van der Waals surface area (Å²) in [5.41, 5.74) is 0.560. The Morgan fingerprint density at radius 2 is 2.26 bits per heavy atom. The van der Waals surface area contributed by atoms with Gasteiger partial charge in [0, 0.05) is 30.4 Å². The number of nitrogens with zero attached hydrogens (tertiary/aromatic N) is 3. The molecule has 0 fully saturated rings. The van der Waals surface area contributed by atoms with Crippen molar-refractivity contribution in [1.29, 1.82) is 0 Å². The molecule has 0 radical (unpaired) electrons. The Labute approximate surface area is 114 Å². The van der Waals surface area contributed by atoms with Gasteiger partial charge >= 0.3 is 0 Å². The summed E-state index contributed by atoms with van der Waals surface area (Å²) in [5.74, 6) is -0.376. The van der Waals surface area contributed by atoms with E-state index in [1.165, 1.54) is 21.9 Å². The molecule has 0 aliphatic heterocycles. The van der Waals surface area contributed by atoms with Gasteiger partial charge in [0.2, 0.25) is 0 Å². The number of fused-ring (bicyclic) bond motifs is 1. The summed E-state index contributed by atoms with van der Waals surface area (Å²) < 4.78 is 1.46. The van der Waals surface area contributed by atoms with E-state index in [1.807, 2.05) is 31.3 Å². The van der Waals surface area contributed by atoms with E-state index in [0.717, 1.165) is 12.2 Å². The number of thiazole rings is 1. The lowest BCUT2D eigenvalue weighted by Gasteiger charge is -2.10. The van der Waals surface area contributed by atoms with Gasteiger partial charge in [-0.1, -0.05) is 0 Å². The quantitative estimate of drug-likeness (QED) is 0.878. The van der Waals surface area contributed by atoms with E-state index in [2.05, 4.69) is 10.3 Å². The van der Waals surface area contributed by atoms with Crippen LogP contribution in [-0.4, -0.2) is 47.4 Å². The Kier molecular flexibility index (Phi) is 3.96. The second kappa shape index (κ2) is 5.50. The average molecular weight is 280 g/mol. The zero-order valence-corrected chi connectivity index (χ0v) is 12.0. The third kappa shape index (κ3) is 2.82. The lowest BCUT2D eigenvalue weighted by atomic mass is 10.3. The first-order valence-corrected chi connectivity index (χ1v) is 6.77. The Morgan fingerprint density at radius 1 is 1.53 bits per heavy atom. The number of likely N-dealkylation sites (N-methyl/N-ethyl adjacent to an activating group) is 1. The molecule has 0 atom stereocenters. The molecule has 0 saturated carbocycles. The molecule has 0 saturated heterocycles. The highest BCUT2D eigenvalue weighted by Gasteiger charge is 2.14. The molecule has 19 heavy (non-hydrogen) atoms. The van der Waals surface area contributed by atoms with Crippen molar-refractivity contribution in [3.8, 4) is 0 Å². The number of aromatic nitrogens is 2. The lowest BCUT2D eigenvalue weighted by molar-refractivity contribution is 0.0949. The zero-order chi connectivity index (χ0) is 14.0. The summed E-state index contributed by atoms with van der Waals surface area (Å²) >= 11 is 1.38. The van der Waals surface area contributed by atoms with Gasteiger partial charge in [-0.3, -0.25) is 14.0 Å². The number of aryl methyl sites for hydroxylation is 1. The monoisotopic (exact) mass is 280 g/mol. The maximum absolute atomic E-state index is 12.2. The molecule has 2 aromatic heterocycles. The van der Waals surface area contributed by atoms with Gasteiger partial charge in [0.05, 0.1) is 0 Å². The largest absolute Gasteiger partial charge is 0.351 e. The molecule has 0 bridgehead atoms. The highest BCUT2D eigenvalue weighted by atomic mass is 32.1. The van der Waals surface area contributed by atoms with E-state index < -0.39 is 0 Å². The summed E-state index contributed by atoms with van der Waals surface area (Å²) in [6.07, 6.45) is 1.35. The third-order valence-corrected chi connectivity index (χ3v) is 3.66. The molecule has 0 unspecified atom stereocenters. The van der Waals surface area contributed by atoms with Crippen LogP contribution in [-0.2, 0) is 0 Å². The number of amides is 1. The van der Waals surface area contributed by atoms with E-state index in [-0.39, 0.29) is 17.0 Å². The molecule has 2 rings (SSSR count). The van der Waals surface area contributed by atoms with Gasteiger partial charge in [-0.2, -0.15) is 0 Å². The van der Waals surface area contributed by atoms with E-state index in [0.29, 0.717) is 11.5 Å². The molecule has 102 valence electrons. The van der Waals surface area contributed by atoms with Gasteiger partial charge in [0.15, 0.2) is 4.96 Å². The van der Waals surface area contributed by atoms with Crippen molar-refractivity contribution in [3.05, 3.63) is 33.2 Å². The van der Waals surface area contributed by atoms with E-state index >= 15 is 0 Å². The van der Waals surface area contributed by atoms with Crippen LogP contribution in [0.2, 0.25) is 0 Å². The van der Waals surface area contributed by atoms with E-state index in [4.69, 9.17) is 0 Å². The van der Waals surface area contributed by atoms with Crippen LogP contribution in [0.4, 0.5) is 0 Å². The Balaban J connectivity index is 2.25. The van der Waals surface area contributed by atoms with Crippen molar-refractivity contribution in [1.82, 2.24) is 19.6 Å². The van der Waals surface area contributed by atoms with Crippen molar-refractivity contribution in [3.63, 3.8) is 0 Å². The normalized spacial score (nSPS) is 11.2. The number of carbonyl (C=O) groups excluding carboxylic acids is 1. The summed E-state index contributed by atoms with van der Waals surface area (Å²) in [4.78, 5) is 30.8. The van der Waals surface area contributed by atoms with Crippen LogP contribution in [0, 0.1) is 6.92 Å². The van der Waals surface area contributed by atoms with Gasteiger partial charge in [-0.25, -0.2) is 4.98 Å². The fourth-order valence-corrected chi connectivity index (χ4v) is 2.50. The Bertz CT molecular complexity index is 659. The molecule has 2 heterocycles. The van der Waals surface area contributed by atoms with Crippen molar-refractivity contribution >= 4 is 22.2 Å². The molecule has 6 nitrogen and oxygen atoms in total. The first-order valence-electron chi connectivity index (χ1n) is 5.89.